The summed E-state index contributed by atoms with van der Waals surface area (Å²) in [5.74, 6) is -0.598. The van der Waals surface area contributed by atoms with Gasteiger partial charge in [0.15, 0.2) is 6.61 Å². The van der Waals surface area contributed by atoms with Gasteiger partial charge in [0.05, 0.1) is 11.4 Å². The summed E-state index contributed by atoms with van der Waals surface area (Å²) in [5.41, 5.74) is 1.61. The number of aromatic nitrogens is 3. The van der Waals surface area contributed by atoms with E-state index in [-0.39, 0.29) is 11.1 Å². The number of benzene rings is 1. The molecular formula is C21H22N4O3. The monoisotopic (exact) mass is 378 g/mol. The maximum absolute atomic E-state index is 12.3. The summed E-state index contributed by atoms with van der Waals surface area (Å²) in [7, 11) is 0. The Morgan fingerprint density at radius 2 is 1.79 bits per heavy atom. The van der Waals surface area contributed by atoms with Crippen molar-refractivity contribution in [3.05, 3.63) is 72.2 Å². The summed E-state index contributed by atoms with van der Waals surface area (Å²) in [6.45, 7) is 5.72. The summed E-state index contributed by atoms with van der Waals surface area (Å²) in [6.07, 6.45) is 1.49. The molecule has 0 spiro atoms. The Hall–Kier alpha value is -3.48. The molecule has 0 fully saturated rings. The molecule has 3 rings (SSSR count). The van der Waals surface area contributed by atoms with Crippen molar-refractivity contribution in [2.24, 2.45) is 0 Å². The first-order valence-corrected chi connectivity index (χ1v) is 8.88. The van der Waals surface area contributed by atoms with Crippen molar-refractivity contribution in [2.75, 3.05) is 11.9 Å². The van der Waals surface area contributed by atoms with Gasteiger partial charge in [0.1, 0.15) is 11.5 Å². The zero-order valence-corrected chi connectivity index (χ0v) is 16.0. The van der Waals surface area contributed by atoms with Crippen LogP contribution in [0.5, 0.6) is 0 Å². The Bertz CT molecular complexity index is 960. The summed E-state index contributed by atoms with van der Waals surface area (Å²) in [4.78, 5) is 28.2. The van der Waals surface area contributed by atoms with E-state index in [1.165, 1.54) is 12.3 Å². The predicted molar refractivity (Wildman–Crippen MR) is 105 cm³/mol. The topological polar surface area (TPSA) is 86.1 Å². The van der Waals surface area contributed by atoms with Gasteiger partial charge >= 0.3 is 5.97 Å². The molecule has 0 bridgehead atoms. The third kappa shape index (κ3) is 4.62. The van der Waals surface area contributed by atoms with Crippen LogP contribution in [-0.4, -0.2) is 33.2 Å². The quantitative estimate of drug-likeness (QED) is 0.688. The molecule has 7 heteroatoms. The maximum atomic E-state index is 12.3. The second-order valence-electron chi connectivity index (χ2n) is 7.25. The van der Waals surface area contributed by atoms with E-state index in [1.54, 1.807) is 16.8 Å². The number of amides is 1. The smallest absolute Gasteiger partial charge is 0.357 e. The fourth-order valence-corrected chi connectivity index (χ4v) is 2.47. The third-order valence-electron chi connectivity index (χ3n) is 3.95. The molecule has 3 aromatic rings. The van der Waals surface area contributed by atoms with Crippen LogP contribution in [0.1, 0.15) is 37.0 Å². The van der Waals surface area contributed by atoms with Gasteiger partial charge in [0, 0.05) is 17.7 Å². The molecule has 1 N–H and O–H groups in total. The van der Waals surface area contributed by atoms with Crippen molar-refractivity contribution < 1.29 is 14.3 Å². The van der Waals surface area contributed by atoms with Crippen LogP contribution in [0, 0.1) is 0 Å². The van der Waals surface area contributed by atoms with Crippen LogP contribution < -0.4 is 5.32 Å². The summed E-state index contributed by atoms with van der Waals surface area (Å²) in [6, 6.07) is 16.2. The van der Waals surface area contributed by atoms with Crippen LogP contribution in [0.4, 0.5) is 5.82 Å². The average Bonchev–Trinajstić information content (AvgIpc) is 3.11. The molecule has 144 valence electrons. The molecule has 0 saturated heterocycles. The molecule has 28 heavy (non-hydrogen) atoms. The number of ether oxygens (including phenoxy) is 1. The van der Waals surface area contributed by atoms with E-state index in [2.05, 4.69) is 15.4 Å². The van der Waals surface area contributed by atoms with Gasteiger partial charge in [0.25, 0.3) is 5.91 Å². The highest BCUT2D eigenvalue weighted by molar-refractivity contribution is 5.94. The van der Waals surface area contributed by atoms with Crippen LogP contribution in [0.15, 0.2) is 60.8 Å². The lowest BCUT2D eigenvalue weighted by Gasteiger charge is -2.14. The molecule has 1 amide bonds. The van der Waals surface area contributed by atoms with Gasteiger partial charge in [-0.15, -0.1) is 0 Å². The molecule has 7 nitrogen and oxygen atoms in total. The number of carbonyl (C=O) groups excluding carboxylic acids is 2. The molecule has 0 saturated carbocycles. The van der Waals surface area contributed by atoms with Gasteiger partial charge in [-0.2, -0.15) is 5.10 Å². The van der Waals surface area contributed by atoms with Crippen LogP contribution in [0.2, 0.25) is 0 Å². The number of nitrogens with zero attached hydrogens (tertiary/aromatic N) is 3. The molecule has 1 aromatic carbocycles. The normalized spacial score (nSPS) is 11.1. The number of hydrogen-bond acceptors (Lipinski definition) is 5. The largest absolute Gasteiger partial charge is 0.451 e. The number of rotatable bonds is 5. The molecule has 2 aromatic heterocycles. The Labute approximate surface area is 163 Å². The third-order valence-corrected chi connectivity index (χ3v) is 3.95. The first-order valence-electron chi connectivity index (χ1n) is 8.88. The standard InChI is InChI=1S/C21H22N4O3/c1-21(2,3)17-13-18(25(24-17)15-9-5-4-6-10-15)23-19(26)14-28-20(27)16-11-7-8-12-22-16/h4-13H,14H2,1-3H3,(H,23,26). The first-order chi connectivity index (χ1) is 13.3. The van der Waals surface area contributed by atoms with E-state index in [0.717, 1.165) is 11.4 Å². The first kappa shape index (κ1) is 19.3. The van der Waals surface area contributed by atoms with Gasteiger partial charge in [-0.3, -0.25) is 4.79 Å². The number of anilines is 1. The van der Waals surface area contributed by atoms with E-state index in [4.69, 9.17) is 4.74 Å². The lowest BCUT2D eigenvalue weighted by atomic mass is 9.92. The minimum Gasteiger partial charge on any atom is -0.451 e. The highest BCUT2D eigenvalue weighted by Gasteiger charge is 2.22. The second-order valence-corrected chi connectivity index (χ2v) is 7.25. The summed E-state index contributed by atoms with van der Waals surface area (Å²) >= 11 is 0. The fraction of sp³-hybridized carbons (Fsp3) is 0.238. The molecular weight excluding hydrogens is 356 g/mol. The molecule has 0 aliphatic heterocycles. The number of para-hydroxylation sites is 1. The Morgan fingerprint density at radius 3 is 2.43 bits per heavy atom. The highest BCUT2D eigenvalue weighted by atomic mass is 16.5. The minimum absolute atomic E-state index is 0.152. The lowest BCUT2D eigenvalue weighted by Crippen LogP contribution is -2.22. The van der Waals surface area contributed by atoms with E-state index in [1.807, 2.05) is 57.2 Å². The van der Waals surface area contributed by atoms with Crippen molar-refractivity contribution >= 4 is 17.7 Å². The van der Waals surface area contributed by atoms with E-state index in [9.17, 15) is 9.59 Å². The number of esters is 1. The zero-order chi connectivity index (χ0) is 20.1. The van der Waals surface area contributed by atoms with E-state index in [0.29, 0.717) is 5.82 Å². The molecule has 0 aliphatic carbocycles. The van der Waals surface area contributed by atoms with Crippen LogP contribution in [-0.2, 0) is 14.9 Å². The molecule has 2 heterocycles. The number of pyridine rings is 1. The zero-order valence-electron chi connectivity index (χ0n) is 16.0. The number of nitrogens with one attached hydrogen (secondary N) is 1. The van der Waals surface area contributed by atoms with Gasteiger partial charge in [0.2, 0.25) is 0 Å². The van der Waals surface area contributed by atoms with Crippen LogP contribution in [0.25, 0.3) is 5.69 Å². The van der Waals surface area contributed by atoms with Crippen molar-refractivity contribution in [3.8, 4) is 5.69 Å². The molecule has 0 unspecified atom stereocenters. The van der Waals surface area contributed by atoms with Crippen LogP contribution in [0.3, 0.4) is 0 Å². The summed E-state index contributed by atoms with van der Waals surface area (Å²) in [5, 5.41) is 7.40. The van der Waals surface area contributed by atoms with E-state index >= 15 is 0 Å². The van der Waals surface area contributed by atoms with Crippen LogP contribution >= 0.6 is 0 Å². The van der Waals surface area contributed by atoms with Crippen molar-refractivity contribution in [1.29, 1.82) is 0 Å². The minimum atomic E-state index is -0.650. The molecule has 0 aliphatic rings. The Balaban J connectivity index is 1.74. The average molecular weight is 378 g/mol. The Morgan fingerprint density at radius 1 is 1.07 bits per heavy atom. The fourth-order valence-electron chi connectivity index (χ4n) is 2.47. The molecule has 0 atom stereocenters. The predicted octanol–water partition coefficient (Wildman–Crippen LogP) is 3.36. The summed E-state index contributed by atoms with van der Waals surface area (Å²) < 4.78 is 6.70. The lowest BCUT2D eigenvalue weighted by molar-refractivity contribution is -0.119. The van der Waals surface area contributed by atoms with E-state index < -0.39 is 18.5 Å². The SMILES string of the molecule is CC(C)(C)c1cc(NC(=O)COC(=O)c2ccccn2)n(-c2ccccc2)n1. The number of hydrogen-bond donors (Lipinski definition) is 1. The second kappa shape index (κ2) is 8.04. The van der Waals surface area contributed by atoms with Gasteiger partial charge in [-0.1, -0.05) is 45.0 Å². The van der Waals surface area contributed by atoms with Gasteiger partial charge in [-0.05, 0) is 24.3 Å². The van der Waals surface area contributed by atoms with Gasteiger partial charge < -0.3 is 10.1 Å². The van der Waals surface area contributed by atoms with Crippen molar-refractivity contribution in [1.82, 2.24) is 14.8 Å². The highest BCUT2D eigenvalue weighted by Crippen LogP contribution is 2.26. The number of carbonyl (C=O) groups is 2. The Kier molecular flexibility index (Phi) is 5.54. The maximum Gasteiger partial charge on any atom is 0.357 e. The van der Waals surface area contributed by atoms with Gasteiger partial charge in [-0.25, -0.2) is 14.5 Å². The van der Waals surface area contributed by atoms with Crippen molar-refractivity contribution in [2.45, 2.75) is 26.2 Å². The molecule has 0 radical (unpaired) electrons. The van der Waals surface area contributed by atoms with Crippen molar-refractivity contribution in [3.63, 3.8) is 0 Å².